The summed E-state index contributed by atoms with van der Waals surface area (Å²) in [6.45, 7) is 2.12. The molecule has 0 aliphatic rings. The minimum absolute atomic E-state index is 0.147. The zero-order valence-electron chi connectivity index (χ0n) is 9.11. The molecule has 1 aromatic heterocycles. The summed E-state index contributed by atoms with van der Waals surface area (Å²) in [4.78, 5) is 2.45. The van der Waals surface area contributed by atoms with Gasteiger partial charge in [0.25, 0.3) is 0 Å². The predicted molar refractivity (Wildman–Crippen MR) is 66.1 cm³/mol. The lowest BCUT2D eigenvalue weighted by molar-refractivity contribution is 0.626. The van der Waals surface area contributed by atoms with Gasteiger partial charge in [-0.3, -0.25) is 0 Å². The van der Waals surface area contributed by atoms with Crippen LogP contribution in [0.1, 0.15) is 28.3 Å². The Morgan fingerprint density at radius 1 is 1.19 bits per heavy atom. The van der Waals surface area contributed by atoms with E-state index in [1.165, 1.54) is 17.0 Å². The summed E-state index contributed by atoms with van der Waals surface area (Å²) in [6.07, 6.45) is 1.03. The van der Waals surface area contributed by atoms with Gasteiger partial charge in [-0.25, -0.2) is 4.39 Å². The molecule has 1 heterocycles. The maximum atomic E-state index is 12.8. The van der Waals surface area contributed by atoms with Crippen molar-refractivity contribution in [3.8, 4) is 0 Å². The van der Waals surface area contributed by atoms with Gasteiger partial charge < -0.3 is 5.73 Å². The molecule has 1 nitrogen and oxygen atoms in total. The smallest absolute Gasteiger partial charge is 0.123 e. The first-order valence-electron chi connectivity index (χ1n) is 5.30. The van der Waals surface area contributed by atoms with Gasteiger partial charge >= 0.3 is 0 Å². The molecule has 16 heavy (non-hydrogen) atoms. The first-order chi connectivity index (χ1) is 7.70. The molecule has 0 aliphatic heterocycles. The van der Waals surface area contributed by atoms with Crippen molar-refractivity contribution in [1.82, 2.24) is 0 Å². The number of hydrogen-bond acceptors (Lipinski definition) is 2. The van der Waals surface area contributed by atoms with E-state index in [1.54, 1.807) is 23.5 Å². The monoisotopic (exact) mass is 235 g/mol. The Morgan fingerprint density at radius 3 is 2.44 bits per heavy atom. The van der Waals surface area contributed by atoms with Crippen LogP contribution < -0.4 is 5.73 Å². The van der Waals surface area contributed by atoms with E-state index in [0.29, 0.717) is 0 Å². The van der Waals surface area contributed by atoms with Gasteiger partial charge in [-0.05, 0) is 36.2 Å². The van der Waals surface area contributed by atoms with Crippen LogP contribution in [0.5, 0.6) is 0 Å². The molecule has 0 fully saturated rings. The lowest BCUT2D eigenvalue weighted by Gasteiger charge is -2.09. The molecule has 0 spiro atoms. The highest BCUT2D eigenvalue weighted by Crippen LogP contribution is 2.27. The number of nitrogens with two attached hydrogens (primary N) is 1. The Labute approximate surface area is 98.7 Å². The van der Waals surface area contributed by atoms with Gasteiger partial charge in [0.2, 0.25) is 0 Å². The average molecular weight is 235 g/mol. The number of benzene rings is 1. The highest BCUT2D eigenvalue weighted by molar-refractivity contribution is 7.12. The Hall–Kier alpha value is -1.19. The lowest BCUT2D eigenvalue weighted by atomic mass is 10.1. The van der Waals surface area contributed by atoms with Crippen LogP contribution in [0.2, 0.25) is 0 Å². The second-order valence-electron chi connectivity index (χ2n) is 3.69. The van der Waals surface area contributed by atoms with Crippen molar-refractivity contribution in [2.45, 2.75) is 19.4 Å². The van der Waals surface area contributed by atoms with Crippen LogP contribution >= 0.6 is 11.3 Å². The molecule has 2 aromatic rings. The van der Waals surface area contributed by atoms with Gasteiger partial charge in [0, 0.05) is 9.75 Å². The molecule has 1 aromatic carbocycles. The third kappa shape index (κ3) is 2.31. The second kappa shape index (κ2) is 4.76. The lowest BCUT2D eigenvalue weighted by Crippen LogP contribution is -2.09. The molecule has 1 unspecified atom stereocenters. The van der Waals surface area contributed by atoms with Crippen molar-refractivity contribution < 1.29 is 4.39 Å². The molecule has 0 saturated heterocycles. The molecule has 0 bridgehead atoms. The SMILES string of the molecule is CCc1ccc(C(N)c2ccc(F)cc2)s1. The Kier molecular flexibility index (Phi) is 3.36. The van der Waals surface area contributed by atoms with Gasteiger partial charge in [-0.15, -0.1) is 11.3 Å². The average Bonchev–Trinajstić information content (AvgIpc) is 2.77. The molecular weight excluding hydrogens is 221 g/mol. The molecule has 2 N–H and O–H groups in total. The van der Waals surface area contributed by atoms with Gasteiger partial charge in [0.05, 0.1) is 6.04 Å². The van der Waals surface area contributed by atoms with E-state index < -0.39 is 0 Å². The quantitative estimate of drug-likeness (QED) is 0.865. The van der Waals surface area contributed by atoms with Gasteiger partial charge in [0.15, 0.2) is 0 Å². The minimum Gasteiger partial charge on any atom is -0.320 e. The molecule has 1 atom stereocenters. The van der Waals surface area contributed by atoms with Crippen molar-refractivity contribution in [2.75, 3.05) is 0 Å². The standard InChI is InChI=1S/C13H14FNS/c1-2-11-7-8-12(16-11)13(15)9-3-5-10(14)6-4-9/h3-8,13H,2,15H2,1H3. The fourth-order valence-corrected chi connectivity index (χ4v) is 2.57. The normalized spacial score (nSPS) is 12.7. The number of hydrogen-bond donors (Lipinski definition) is 1. The summed E-state index contributed by atoms with van der Waals surface area (Å²) in [5.41, 5.74) is 7.07. The predicted octanol–water partition coefficient (Wildman–Crippen LogP) is 3.50. The zero-order valence-corrected chi connectivity index (χ0v) is 9.93. The van der Waals surface area contributed by atoms with E-state index in [4.69, 9.17) is 5.73 Å². The van der Waals surface area contributed by atoms with Crippen molar-refractivity contribution in [3.63, 3.8) is 0 Å². The molecule has 0 radical (unpaired) electrons. The van der Waals surface area contributed by atoms with Crippen molar-refractivity contribution >= 4 is 11.3 Å². The zero-order chi connectivity index (χ0) is 11.5. The Bertz CT molecular complexity index is 461. The maximum absolute atomic E-state index is 12.8. The number of rotatable bonds is 3. The van der Waals surface area contributed by atoms with E-state index in [2.05, 4.69) is 19.1 Å². The third-order valence-corrected chi connectivity index (χ3v) is 3.88. The summed E-state index contributed by atoms with van der Waals surface area (Å²) >= 11 is 1.72. The van der Waals surface area contributed by atoms with Crippen LogP contribution in [0.25, 0.3) is 0 Å². The maximum Gasteiger partial charge on any atom is 0.123 e. The van der Waals surface area contributed by atoms with Crippen molar-refractivity contribution in [3.05, 3.63) is 57.5 Å². The molecular formula is C13H14FNS. The Morgan fingerprint density at radius 2 is 1.88 bits per heavy atom. The fourth-order valence-electron chi connectivity index (χ4n) is 1.59. The molecule has 0 saturated carbocycles. The number of thiophene rings is 1. The Balaban J connectivity index is 2.24. The minimum atomic E-state index is -0.226. The summed E-state index contributed by atoms with van der Waals surface area (Å²) in [5.74, 6) is -0.226. The second-order valence-corrected chi connectivity index (χ2v) is 4.89. The van der Waals surface area contributed by atoms with E-state index in [9.17, 15) is 4.39 Å². The summed E-state index contributed by atoms with van der Waals surface area (Å²) in [7, 11) is 0. The van der Waals surface area contributed by atoms with E-state index >= 15 is 0 Å². The van der Waals surface area contributed by atoms with Gasteiger partial charge in [-0.2, -0.15) is 0 Å². The number of aryl methyl sites for hydroxylation is 1. The molecule has 2 rings (SSSR count). The van der Waals surface area contributed by atoms with Crippen LogP contribution in [-0.2, 0) is 6.42 Å². The number of halogens is 1. The summed E-state index contributed by atoms with van der Waals surface area (Å²) < 4.78 is 12.8. The van der Waals surface area contributed by atoms with Crippen LogP contribution in [0.15, 0.2) is 36.4 Å². The van der Waals surface area contributed by atoms with Crippen LogP contribution in [-0.4, -0.2) is 0 Å². The highest BCUT2D eigenvalue weighted by Gasteiger charge is 2.11. The van der Waals surface area contributed by atoms with Gasteiger partial charge in [0.1, 0.15) is 5.82 Å². The van der Waals surface area contributed by atoms with Crippen LogP contribution in [0, 0.1) is 5.82 Å². The molecule has 0 amide bonds. The van der Waals surface area contributed by atoms with E-state index in [0.717, 1.165) is 16.9 Å². The van der Waals surface area contributed by atoms with Crippen molar-refractivity contribution in [2.24, 2.45) is 5.73 Å². The summed E-state index contributed by atoms with van der Waals surface area (Å²) in [5, 5.41) is 0. The first-order valence-corrected chi connectivity index (χ1v) is 6.12. The van der Waals surface area contributed by atoms with Crippen LogP contribution in [0.4, 0.5) is 4.39 Å². The fraction of sp³-hybridized carbons (Fsp3) is 0.231. The highest BCUT2D eigenvalue weighted by atomic mass is 32.1. The van der Waals surface area contributed by atoms with Gasteiger partial charge in [-0.1, -0.05) is 19.1 Å². The van der Waals surface area contributed by atoms with E-state index in [1.807, 2.05) is 0 Å². The van der Waals surface area contributed by atoms with E-state index in [-0.39, 0.29) is 11.9 Å². The van der Waals surface area contributed by atoms with Crippen LogP contribution in [0.3, 0.4) is 0 Å². The van der Waals surface area contributed by atoms with Crippen molar-refractivity contribution in [1.29, 1.82) is 0 Å². The molecule has 3 heteroatoms. The topological polar surface area (TPSA) is 26.0 Å². The molecule has 84 valence electrons. The largest absolute Gasteiger partial charge is 0.320 e. The summed E-state index contributed by atoms with van der Waals surface area (Å²) in [6, 6.07) is 10.4. The molecule has 0 aliphatic carbocycles. The first kappa shape index (κ1) is 11.3. The third-order valence-electron chi connectivity index (χ3n) is 2.57.